The van der Waals surface area contributed by atoms with Gasteiger partial charge < -0.3 is 34.7 Å². The van der Waals surface area contributed by atoms with Crippen LogP contribution in [0.3, 0.4) is 0 Å². The summed E-state index contributed by atoms with van der Waals surface area (Å²) in [7, 11) is -4.60. The van der Waals surface area contributed by atoms with Crippen molar-refractivity contribution in [1.82, 2.24) is 24.6 Å². The highest BCUT2D eigenvalue weighted by Gasteiger charge is 2.66. The Morgan fingerprint density at radius 3 is 2.70 bits per heavy atom. The number of aliphatic hydroxyl groups is 2. The Hall–Kier alpha value is -3.84. The monoisotopic (exact) mass is 662 g/mol. The number of carbonyl (C=O) groups is 1. The van der Waals surface area contributed by atoms with Crippen molar-refractivity contribution in [3.63, 3.8) is 0 Å². The van der Waals surface area contributed by atoms with E-state index in [1.807, 2.05) is 5.92 Å². The van der Waals surface area contributed by atoms with Gasteiger partial charge in [-0.05, 0) is 51.7 Å². The van der Waals surface area contributed by atoms with E-state index in [0.29, 0.717) is 12.8 Å². The lowest BCUT2D eigenvalue weighted by molar-refractivity contribution is -0.202. The van der Waals surface area contributed by atoms with Crippen LogP contribution in [0.15, 0.2) is 36.7 Å². The molecule has 248 valence electrons. The van der Waals surface area contributed by atoms with Crippen molar-refractivity contribution in [1.29, 1.82) is 0 Å². The Labute approximate surface area is 264 Å². The van der Waals surface area contributed by atoms with Gasteiger partial charge in [-0.15, -0.1) is 6.42 Å². The molecule has 15 nitrogen and oxygen atoms in total. The molecule has 17 heteroatoms. The quantitative estimate of drug-likeness (QED) is 0.125. The van der Waals surface area contributed by atoms with Crippen LogP contribution < -0.4 is 20.1 Å². The van der Waals surface area contributed by atoms with Gasteiger partial charge in [0.05, 0.1) is 12.9 Å². The van der Waals surface area contributed by atoms with Crippen molar-refractivity contribution in [2.24, 2.45) is 0 Å². The number of nitrogens with two attached hydrogens (primary N) is 1. The van der Waals surface area contributed by atoms with E-state index in [9.17, 15) is 19.6 Å². The average Bonchev–Trinajstić information content (AvgIpc) is 3.54. The number of para-hydroxylation sites is 1. The molecule has 1 aromatic carbocycles. The Balaban J connectivity index is 1.39. The first-order valence-electron chi connectivity index (χ1n) is 14.8. The largest absolute Gasteiger partial charge is 0.476 e. The third-order valence-corrected chi connectivity index (χ3v) is 9.25. The number of ether oxygens (including phenoxy) is 3. The van der Waals surface area contributed by atoms with Gasteiger partial charge in [0.2, 0.25) is 17.4 Å². The molecule has 2 aliphatic rings. The molecule has 0 bridgehead atoms. The van der Waals surface area contributed by atoms with Gasteiger partial charge in [0.1, 0.15) is 24.5 Å². The summed E-state index contributed by atoms with van der Waals surface area (Å²) in [6.07, 6.45) is 6.47. The number of alkyl halides is 1. The number of imidazole rings is 1. The van der Waals surface area contributed by atoms with Crippen LogP contribution in [0.4, 0.5) is 10.3 Å². The summed E-state index contributed by atoms with van der Waals surface area (Å²) in [5.74, 6) is -2.14. The van der Waals surface area contributed by atoms with E-state index in [1.165, 1.54) is 19.1 Å². The average molecular weight is 663 g/mol. The lowest BCUT2D eigenvalue weighted by Crippen LogP contribution is -2.50. The number of anilines is 1. The van der Waals surface area contributed by atoms with E-state index in [0.717, 1.165) is 30.2 Å². The highest BCUT2D eigenvalue weighted by Crippen LogP contribution is 2.51. The SMILES string of the molecule is C#C[C@]1(O)[C@H](n2cnc3c(OCC)nc(N)nc32)O[C@](F)(CO[P@@](=O)(NC(C)C(=O)OC2CCCCC2)Oc2ccccc2)[C@H]1O. The van der Waals surface area contributed by atoms with Gasteiger partial charge in [-0.2, -0.15) is 15.1 Å². The second-order valence-electron chi connectivity index (χ2n) is 11.0. The first-order chi connectivity index (χ1) is 21.9. The topological polar surface area (TPSA) is 202 Å². The summed E-state index contributed by atoms with van der Waals surface area (Å²) < 4.78 is 59.2. The number of nitrogen functional groups attached to an aromatic ring is 1. The summed E-state index contributed by atoms with van der Waals surface area (Å²) in [5, 5.41) is 24.8. The molecule has 0 radical (unpaired) electrons. The molecule has 2 aromatic heterocycles. The lowest BCUT2D eigenvalue weighted by Gasteiger charge is -2.29. The standard InChI is InChI=1S/C29H36FN6O9P/c1-4-28(39)25(38)29(30,44-26(28)36-17-32-21-22(36)33-27(31)34-23(21)41-5-2)16-42-46(40,45-20-14-10-7-11-15-20)35-18(3)24(37)43-19-12-8-6-9-13-19/h1,7,10-11,14-15,17-19,25-26,38-39H,5-6,8-9,12-13,16H2,2-3H3,(H,35,40)(H2,31,33,34)/t18?,25-,26+,28+,29+,46-/m0/s1. The van der Waals surface area contributed by atoms with Gasteiger partial charge in [0.15, 0.2) is 23.5 Å². The van der Waals surface area contributed by atoms with Crippen molar-refractivity contribution in [3.8, 4) is 24.0 Å². The number of aromatic nitrogens is 4. The van der Waals surface area contributed by atoms with Crippen LogP contribution >= 0.6 is 7.75 Å². The van der Waals surface area contributed by atoms with E-state index < -0.39 is 50.2 Å². The summed E-state index contributed by atoms with van der Waals surface area (Å²) in [6, 6.07) is 6.61. The van der Waals surface area contributed by atoms with Crippen molar-refractivity contribution in [2.45, 2.75) is 81.9 Å². The number of benzene rings is 1. The molecule has 46 heavy (non-hydrogen) atoms. The summed E-state index contributed by atoms with van der Waals surface area (Å²) in [5.41, 5.74) is 3.16. The fourth-order valence-electron chi connectivity index (χ4n) is 5.27. The second-order valence-corrected chi connectivity index (χ2v) is 12.7. The zero-order chi connectivity index (χ0) is 33.1. The minimum absolute atomic E-state index is 0.0163. The van der Waals surface area contributed by atoms with Crippen molar-refractivity contribution in [3.05, 3.63) is 36.7 Å². The van der Waals surface area contributed by atoms with Gasteiger partial charge in [-0.3, -0.25) is 13.9 Å². The lowest BCUT2D eigenvalue weighted by atomic mass is 9.94. The number of halogens is 1. The van der Waals surface area contributed by atoms with E-state index in [2.05, 4.69) is 20.0 Å². The number of rotatable bonds is 12. The maximum absolute atomic E-state index is 16.5. The number of hydrogen-bond acceptors (Lipinski definition) is 13. The Kier molecular flexibility index (Phi) is 9.83. The molecule has 5 rings (SSSR count). The first kappa shape index (κ1) is 33.5. The Bertz CT molecular complexity index is 1630. The molecular weight excluding hydrogens is 626 g/mol. The number of fused-ring (bicyclic) bond motifs is 1. The van der Waals surface area contributed by atoms with E-state index >= 15 is 4.39 Å². The Morgan fingerprint density at radius 1 is 1.30 bits per heavy atom. The number of hydrogen-bond donors (Lipinski definition) is 4. The molecule has 2 fully saturated rings. The smallest absolute Gasteiger partial charge is 0.459 e. The number of terminal acetylenes is 1. The van der Waals surface area contributed by atoms with Crippen molar-refractivity contribution >= 4 is 30.8 Å². The zero-order valence-electron chi connectivity index (χ0n) is 25.2. The molecule has 0 amide bonds. The van der Waals surface area contributed by atoms with Crippen molar-refractivity contribution in [2.75, 3.05) is 18.9 Å². The minimum Gasteiger partial charge on any atom is -0.476 e. The van der Waals surface area contributed by atoms with E-state index in [1.54, 1.807) is 25.1 Å². The van der Waals surface area contributed by atoms with Crippen LogP contribution in [0.1, 0.15) is 52.2 Å². The van der Waals surface area contributed by atoms with Gasteiger partial charge in [-0.25, -0.2) is 13.9 Å². The van der Waals surface area contributed by atoms with Gasteiger partial charge in [0.25, 0.3) is 5.85 Å². The van der Waals surface area contributed by atoms with Crippen LogP contribution in [0.25, 0.3) is 11.2 Å². The van der Waals surface area contributed by atoms with Crippen LogP contribution in [0, 0.1) is 12.3 Å². The van der Waals surface area contributed by atoms with Gasteiger partial charge in [0, 0.05) is 0 Å². The maximum atomic E-state index is 16.5. The molecule has 1 unspecified atom stereocenters. The van der Waals surface area contributed by atoms with Gasteiger partial charge >= 0.3 is 13.7 Å². The van der Waals surface area contributed by atoms with E-state index in [4.69, 9.17) is 35.4 Å². The summed E-state index contributed by atoms with van der Waals surface area (Å²) >= 11 is 0. The number of nitrogens with zero attached hydrogens (tertiary/aromatic N) is 4. The molecule has 1 aliphatic heterocycles. The molecule has 5 N–H and O–H groups in total. The van der Waals surface area contributed by atoms with Crippen LogP contribution in [-0.2, 0) is 23.4 Å². The maximum Gasteiger partial charge on any atom is 0.459 e. The number of aliphatic hydroxyl groups excluding tert-OH is 1. The third-order valence-electron chi connectivity index (χ3n) is 7.62. The number of esters is 1. The predicted molar refractivity (Wildman–Crippen MR) is 161 cm³/mol. The fourth-order valence-corrected chi connectivity index (χ4v) is 6.78. The highest BCUT2D eigenvalue weighted by molar-refractivity contribution is 7.52. The molecular formula is C29H36FN6O9P. The summed E-state index contributed by atoms with van der Waals surface area (Å²) in [6.45, 7) is 2.04. The zero-order valence-corrected chi connectivity index (χ0v) is 26.1. The number of nitrogens with one attached hydrogen (secondary N) is 1. The summed E-state index contributed by atoms with van der Waals surface area (Å²) in [4.78, 5) is 25.1. The molecule has 0 spiro atoms. The fraction of sp³-hybridized carbons (Fsp3) is 0.517. The Morgan fingerprint density at radius 2 is 2.02 bits per heavy atom. The van der Waals surface area contributed by atoms with Crippen LogP contribution in [0.5, 0.6) is 11.6 Å². The van der Waals surface area contributed by atoms with Crippen LogP contribution in [-0.4, -0.2) is 78.6 Å². The molecule has 6 atom stereocenters. The normalized spacial score (nSPS) is 27.0. The second kappa shape index (κ2) is 13.5. The minimum atomic E-state index is -4.60. The first-order valence-corrected chi connectivity index (χ1v) is 16.3. The van der Waals surface area contributed by atoms with Gasteiger partial charge in [-0.1, -0.05) is 30.5 Å². The molecule has 3 aromatic rings. The molecule has 1 saturated heterocycles. The molecule has 1 saturated carbocycles. The van der Waals surface area contributed by atoms with Crippen molar-refractivity contribution < 1.29 is 47.2 Å². The van der Waals surface area contributed by atoms with E-state index in [-0.39, 0.29) is 41.5 Å². The third kappa shape index (κ3) is 6.80. The molecule has 1 aliphatic carbocycles. The predicted octanol–water partition coefficient (Wildman–Crippen LogP) is 2.78. The van der Waals surface area contributed by atoms with Crippen LogP contribution in [0.2, 0.25) is 0 Å². The number of carbonyl (C=O) groups excluding carboxylic acids is 1. The molecule has 3 heterocycles. The highest BCUT2D eigenvalue weighted by atomic mass is 31.2.